The number of esters is 1. The molecule has 0 unspecified atom stereocenters. The molecule has 0 aliphatic carbocycles. The highest BCUT2D eigenvalue weighted by molar-refractivity contribution is 5.91. The first-order valence-electron chi connectivity index (χ1n) is 9.52. The Labute approximate surface area is 171 Å². The number of aromatic nitrogens is 1. The van der Waals surface area contributed by atoms with Crippen molar-refractivity contribution in [3.63, 3.8) is 0 Å². The van der Waals surface area contributed by atoms with E-state index >= 15 is 0 Å². The number of allylic oxidation sites excluding steroid dienone is 1. The molecule has 1 amide bonds. The summed E-state index contributed by atoms with van der Waals surface area (Å²) in [7, 11) is 1.32. The van der Waals surface area contributed by atoms with Crippen LogP contribution >= 0.6 is 0 Å². The van der Waals surface area contributed by atoms with Crippen LogP contribution in [0.15, 0.2) is 53.9 Å². The summed E-state index contributed by atoms with van der Waals surface area (Å²) in [6.45, 7) is 3.46. The zero-order valence-electron chi connectivity index (χ0n) is 17.0. The van der Waals surface area contributed by atoms with Gasteiger partial charge in [0, 0.05) is 42.1 Å². The number of carbonyl (C=O) groups is 2. The Morgan fingerprint density at radius 2 is 1.97 bits per heavy atom. The summed E-state index contributed by atoms with van der Waals surface area (Å²) >= 11 is 0. The van der Waals surface area contributed by atoms with E-state index in [1.807, 2.05) is 37.3 Å². The number of nitrogens with one attached hydrogen (secondary N) is 1. The van der Waals surface area contributed by atoms with E-state index in [0.29, 0.717) is 28.9 Å². The van der Waals surface area contributed by atoms with E-state index in [9.17, 15) is 14.9 Å². The molecule has 0 bridgehead atoms. The monoisotopic (exact) mass is 391 g/mol. The number of unbranched alkanes of at least 4 members (excludes halogenated alkanes) is 1. The van der Waals surface area contributed by atoms with Gasteiger partial charge < -0.3 is 10.1 Å². The second-order valence-electron chi connectivity index (χ2n) is 6.61. The van der Waals surface area contributed by atoms with E-state index in [1.165, 1.54) is 14.0 Å². The molecule has 2 aromatic rings. The molecule has 1 heterocycles. The molecule has 0 radical (unpaired) electrons. The quantitative estimate of drug-likeness (QED) is 0.544. The van der Waals surface area contributed by atoms with Crippen molar-refractivity contribution in [1.82, 2.24) is 10.3 Å². The summed E-state index contributed by atoms with van der Waals surface area (Å²) in [6.07, 6.45) is 4.28. The van der Waals surface area contributed by atoms with Gasteiger partial charge in [0.2, 0.25) is 5.91 Å². The Hall–Kier alpha value is -3.46. The van der Waals surface area contributed by atoms with Crippen molar-refractivity contribution in [3.05, 3.63) is 65.1 Å². The van der Waals surface area contributed by atoms with Crippen molar-refractivity contribution >= 4 is 11.9 Å². The van der Waals surface area contributed by atoms with Gasteiger partial charge in [0.1, 0.15) is 0 Å². The lowest BCUT2D eigenvalue weighted by Crippen LogP contribution is -2.24. The molecule has 1 aromatic carbocycles. The Morgan fingerprint density at radius 3 is 2.55 bits per heavy atom. The average molecular weight is 391 g/mol. The minimum atomic E-state index is -0.481. The molecule has 0 atom stereocenters. The lowest BCUT2D eigenvalue weighted by Gasteiger charge is -2.14. The van der Waals surface area contributed by atoms with Gasteiger partial charge in [-0.05, 0) is 25.0 Å². The highest BCUT2D eigenvalue weighted by Gasteiger charge is 2.18. The number of nitrogens with zero attached hydrogens (tertiary/aromatic N) is 2. The van der Waals surface area contributed by atoms with Crippen LogP contribution in [0.4, 0.5) is 0 Å². The largest absolute Gasteiger partial charge is 0.466 e. The van der Waals surface area contributed by atoms with Crippen molar-refractivity contribution in [3.8, 4) is 17.2 Å². The highest BCUT2D eigenvalue weighted by Crippen LogP contribution is 2.23. The minimum absolute atomic E-state index is 0.228. The van der Waals surface area contributed by atoms with E-state index in [-0.39, 0.29) is 12.3 Å². The third-order valence-electron chi connectivity index (χ3n) is 4.44. The predicted molar refractivity (Wildman–Crippen MR) is 110 cm³/mol. The van der Waals surface area contributed by atoms with Crippen LogP contribution < -0.4 is 5.32 Å². The molecule has 2 rings (SSSR count). The van der Waals surface area contributed by atoms with E-state index in [0.717, 1.165) is 24.0 Å². The topological polar surface area (TPSA) is 92.1 Å². The lowest BCUT2D eigenvalue weighted by atomic mass is 10.00. The molecular weight excluding hydrogens is 366 g/mol. The van der Waals surface area contributed by atoms with Gasteiger partial charge >= 0.3 is 5.97 Å². The van der Waals surface area contributed by atoms with E-state index < -0.39 is 5.97 Å². The fraction of sp³-hybridized carbons (Fsp3) is 0.304. The normalized spacial score (nSPS) is 11.2. The molecule has 6 heteroatoms. The van der Waals surface area contributed by atoms with Gasteiger partial charge in [-0.15, -0.1) is 0 Å². The number of hydrogen-bond acceptors (Lipinski definition) is 5. The second-order valence-corrected chi connectivity index (χ2v) is 6.61. The number of pyridine rings is 1. The number of methoxy groups -OCH3 is 1. The molecule has 0 saturated carbocycles. The van der Waals surface area contributed by atoms with Gasteiger partial charge in [0.15, 0.2) is 0 Å². The molecule has 1 N–H and O–H groups in total. The molecule has 150 valence electrons. The van der Waals surface area contributed by atoms with Gasteiger partial charge in [-0.2, -0.15) is 5.26 Å². The summed E-state index contributed by atoms with van der Waals surface area (Å²) in [5.41, 5.74) is 3.84. The van der Waals surface area contributed by atoms with Crippen LogP contribution in [-0.2, 0) is 20.7 Å². The zero-order valence-corrected chi connectivity index (χ0v) is 17.0. The molecule has 0 aliphatic heterocycles. The Morgan fingerprint density at radius 1 is 1.21 bits per heavy atom. The maximum atomic E-state index is 12.4. The fourth-order valence-corrected chi connectivity index (χ4v) is 2.98. The first-order chi connectivity index (χ1) is 14.0. The maximum absolute atomic E-state index is 12.4. The molecule has 0 fully saturated rings. The predicted octanol–water partition coefficient (Wildman–Crippen LogP) is 3.92. The molecule has 0 spiro atoms. The third kappa shape index (κ3) is 6.01. The van der Waals surface area contributed by atoms with Crippen molar-refractivity contribution < 1.29 is 14.3 Å². The fourth-order valence-electron chi connectivity index (χ4n) is 2.98. The van der Waals surface area contributed by atoms with E-state index in [4.69, 9.17) is 4.74 Å². The molecule has 1 aromatic heterocycles. The van der Waals surface area contributed by atoms with Gasteiger partial charge in [0.25, 0.3) is 0 Å². The standard InChI is InChI=1S/C23H25N3O3/c1-4-5-10-22(26-16(2)27)21(23(28)29-3)13-19-12-11-18(15-25-19)20-9-7-6-8-17(20)14-24/h6-9,11-12,15H,4-5,10,13H2,1-3H3,(H,26,27). The number of rotatable bonds is 8. The van der Waals surface area contributed by atoms with Crippen LogP contribution in [0.25, 0.3) is 11.1 Å². The van der Waals surface area contributed by atoms with Crippen LogP contribution in [0.1, 0.15) is 44.4 Å². The van der Waals surface area contributed by atoms with Crippen LogP contribution in [0.2, 0.25) is 0 Å². The number of benzene rings is 1. The maximum Gasteiger partial charge on any atom is 0.335 e. The third-order valence-corrected chi connectivity index (χ3v) is 4.44. The van der Waals surface area contributed by atoms with Crippen molar-refractivity contribution in [1.29, 1.82) is 5.26 Å². The summed E-state index contributed by atoms with van der Waals surface area (Å²) in [5, 5.41) is 12.1. The van der Waals surface area contributed by atoms with E-state index in [1.54, 1.807) is 12.3 Å². The molecule has 0 aliphatic rings. The van der Waals surface area contributed by atoms with Crippen molar-refractivity contribution in [2.45, 2.75) is 39.5 Å². The van der Waals surface area contributed by atoms with Crippen LogP contribution in [-0.4, -0.2) is 24.0 Å². The summed E-state index contributed by atoms with van der Waals surface area (Å²) in [5.74, 6) is -0.709. The van der Waals surface area contributed by atoms with Crippen molar-refractivity contribution in [2.75, 3.05) is 7.11 Å². The van der Waals surface area contributed by atoms with Crippen LogP contribution in [0.3, 0.4) is 0 Å². The second kappa shape index (κ2) is 10.8. The summed E-state index contributed by atoms with van der Waals surface area (Å²) in [6, 6.07) is 13.2. The molecular formula is C23H25N3O3. The highest BCUT2D eigenvalue weighted by atomic mass is 16.5. The first kappa shape index (κ1) is 21.8. The zero-order chi connectivity index (χ0) is 21.2. The van der Waals surface area contributed by atoms with Crippen LogP contribution in [0, 0.1) is 11.3 Å². The van der Waals surface area contributed by atoms with Gasteiger partial charge in [-0.3, -0.25) is 9.78 Å². The lowest BCUT2D eigenvalue weighted by molar-refractivity contribution is -0.136. The number of nitriles is 1. The minimum Gasteiger partial charge on any atom is -0.466 e. The Balaban J connectivity index is 2.36. The number of carbonyl (C=O) groups excluding carboxylic acids is 2. The summed E-state index contributed by atoms with van der Waals surface area (Å²) in [4.78, 5) is 28.5. The van der Waals surface area contributed by atoms with Crippen molar-refractivity contribution in [2.24, 2.45) is 0 Å². The van der Waals surface area contributed by atoms with Gasteiger partial charge in [-0.25, -0.2) is 4.79 Å². The molecule has 0 saturated heterocycles. The molecule has 6 nitrogen and oxygen atoms in total. The first-order valence-corrected chi connectivity index (χ1v) is 9.52. The van der Waals surface area contributed by atoms with Crippen LogP contribution in [0.5, 0.6) is 0 Å². The number of hydrogen-bond donors (Lipinski definition) is 1. The summed E-state index contributed by atoms with van der Waals surface area (Å²) < 4.78 is 4.94. The smallest absolute Gasteiger partial charge is 0.335 e. The van der Waals surface area contributed by atoms with E-state index in [2.05, 4.69) is 16.4 Å². The molecule has 29 heavy (non-hydrogen) atoms. The number of ether oxygens (including phenoxy) is 1. The Bertz CT molecular complexity index is 941. The number of amides is 1. The SMILES string of the molecule is CCCCC(NC(C)=O)=C(Cc1ccc(-c2ccccc2C#N)cn1)C(=O)OC. The van der Waals surface area contributed by atoms with Gasteiger partial charge in [-0.1, -0.05) is 37.6 Å². The van der Waals surface area contributed by atoms with Gasteiger partial charge in [0.05, 0.1) is 24.3 Å². The average Bonchev–Trinajstić information content (AvgIpc) is 2.74. The Kier molecular flexibility index (Phi) is 8.11.